The van der Waals surface area contributed by atoms with Crippen molar-refractivity contribution in [2.75, 3.05) is 7.11 Å². The van der Waals surface area contributed by atoms with Gasteiger partial charge < -0.3 is 15.8 Å². The smallest absolute Gasteiger partial charge is 0.252 e. The van der Waals surface area contributed by atoms with E-state index in [2.05, 4.69) is 5.32 Å². The molecule has 0 aromatic heterocycles. The molecule has 0 bridgehead atoms. The minimum absolute atomic E-state index is 0.112. The van der Waals surface area contributed by atoms with Crippen LogP contribution in [0, 0.1) is 5.92 Å². The van der Waals surface area contributed by atoms with Gasteiger partial charge in [-0.3, -0.25) is 9.59 Å². The molecule has 1 aromatic carbocycles. The Morgan fingerprint density at radius 2 is 2.00 bits per heavy atom. The molecule has 0 radical (unpaired) electrons. The van der Waals surface area contributed by atoms with Crippen LogP contribution in [-0.4, -0.2) is 24.5 Å². The van der Waals surface area contributed by atoms with E-state index in [1.54, 1.807) is 31.2 Å². The molecule has 5 heteroatoms. The van der Waals surface area contributed by atoms with Crippen molar-refractivity contribution in [1.29, 1.82) is 0 Å². The van der Waals surface area contributed by atoms with Crippen molar-refractivity contribution >= 4 is 11.8 Å². The highest BCUT2D eigenvalue weighted by Crippen LogP contribution is 2.18. The van der Waals surface area contributed by atoms with Gasteiger partial charge in [0.15, 0.2) is 0 Å². The Bertz CT molecular complexity index is 485. The SMILES string of the molecule is COc1cccc(C(=O)NC(C)(C(N)=O)C(C)C)c1. The van der Waals surface area contributed by atoms with Crippen molar-refractivity contribution in [3.05, 3.63) is 29.8 Å². The second-order valence-corrected chi connectivity index (χ2v) is 4.91. The summed E-state index contributed by atoms with van der Waals surface area (Å²) in [7, 11) is 1.53. The zero-order chi connectivity index (χ0) is 14.6. The molecule has 0 fully saturated rings. The summed E-state index contributed by atoms with van der Waals surface area (Å²) in [6.45, 7) is 5.28. The van der Waals surface area contributed by atoms with Gasteiger partial charge in [-0.2, -0.15) is 0 Å². The molecule has 0 spiro atoms. The average molecular weight is 264 g/mol. The summed E-state index contributed by atoms with van der Waals surface area (Å²) in [6.07, 6.45) is 0. The summed E-state index contributed by atoms with van der Waals surface area (Å²) >= 11 is 0. The topological polar surface area (TPSA) is 81.4 Å². The summed E-state index contributed by atoms with van der Waals surface area (Å²) in [5, 5.41) is 2.69. The van der Waals surface area contributed by atoms with Crippen LogP contribution in [0.2, 0.25) is 0 Å². The fourth-order valence-electron chi connectivity index (χ4n) is 1.56. The summed E-state index contributed by atoms with van der Waals surface area (Å²) in [6, 6.07) is 6.72. The first-order valence-corrected chi connectivity index (χ1v) is 6.07. The van der Waals surface area contributed by atoms with E-state index in [1.165, 1.54) is 7.11 Å². The number of methoxy groups -OCH3 is 1. The molecular formula is C14H20N2O3. The number of nitrogens with one attached hydrogen (secondary N) is 1. The summed E-state index contributed by atoms with van der Waals surface area (Å²) < 4.78 is 5.06. The minimum Gasteiger partial charge on any atom is -0.497 e. The zero-order valence-electron chi connectivity index (χ0n) is 11.7. The van der Waals surface area contributed by atoms with Crippen LogP contribution in [0.15, 0.2) is 24.3 Å². The molecule has 5 nitrogen and oxygen atoms in total. The lowest BCUT2D eigenvalue weighted by Gasteiger charge is -2.31. The van der Waals surface area contributed by atoms with Gasteiger partial charge in [-0.05, 0) is 31.0 Å². The molecule has 0 saturated carbocycles. The number of benzene rings is 1. The molecular weight excluding hydrogens is 244 g/mol. The fourth-order valence-corrected chi connectivity index (χ4v) is 1.56. The summed E-state index contributed by atoms with van der Waals surface area (Å²) in [4.78, 5) is 23.7. The third-order valence-corrected chi connectivity index (χ3v) is 3.37. The number of ether oxygens (including phenoxy) is 1. The normalized spacial score (nSPS) is 13.7. The largest absolute Gasteiger partial charge is 0.497 e. The van der Waals surface area contributed by atoms with E-state index in [4.69, 9.17) is 10.5 Å². The number of primary amides is 1. The molecule has 0 aliphatic carbocycles. The minimum atomic E-state index is -1.08. The van der Waals surface area contributed by atoms with E-state index >= 15 is 0 Å². The maximum Gasteiger partial charge on any atom is 0.252 e. The molecule has 1 rings (SSSR count). The van der Waals surface area contributed by atoms with E-state index in [0.717, 1.165) is 0 Å². The predicted molar refractivity (Wildman–Crippen MR) is 72.9 cm³/mol. The van der Waals surface area contributed by atoms with Crippen LogP contribution in [0.3, 0.4) is 0 Å². The van der Waals surface area contributed by atoms with E-state index < -0.39 is 11.4 Å². The van der Waals surface area contributed by atoms with E-state index in [9.17, 15) is 9.59 Å². The van der Waals surface area contributed by atoms with Crippen molar-refractivity contribution in [3.8, 4) is 5.75 Å². The Morgan fingerprint density at radius 1 is 1.37 bits per heavy atom. The maximum atomic E-state index is 12.2. The molecule has 1 atom stereocenters. The van der Waals surface area contributed by atoms with Gasteiger partial charge in [-0.25, -0.2) is 0 Å². The number of nitrogens with two attached hydrogens (primary N) is 1. The van der Waals surface area contributed by atoms with Crippen molar-refractivity contribution in [2.45, 2.75) is 26.3 Å². The van der Waals surface area contributed by atoms with Crippen LogP contribution < -0.4 is 15.8 Å². The number of carbonyl (C=O) groups excluding carboxylic acids is 2. The van der Waals surface area contributed by atoms with Crippen LogP contribution in [0.5, 0.6) is 5.75 Å². The average Bonchev–Trinajstić information content (AvgIpc) is 2.38. The summed E-state index contributed by atoms with van der Waals surface area (Å²) in [5.74, 6) is -0.440. The molecule has 0 aliphatic rings. The Morgan fingerprint density at radius 3 is 2.47 bits per heavy atom. The lowest BCUT2D eigenvalue weighted by atomic mass is 9.87. The zero-order valence-corrected chi connectivity index (χ0v) is 11.7. The van der Waals surface area contributed by atoms with Gasteiger partial charge in [0, 0.05) is 5.56 Å². The molecule has 0 heterocycles. The van der Waals surface area contributed by atoms with Crippen LogP contribution in [-0.2, 0) is 4.79 Å². The Hall–Kier alpha value is -2.04. The molecule has 19 heavy (non-hydrogen) atoms. The Labute approximate surface area is 113 Å². The van der Waals surface area contributed by atoms with Crippen molar-refractivity contribution in [2.24, 2.45) is 11.7 Å². The van der Waals surface area contributed by atoms with Gasteiger partial charge in [-0.1, -0.05) is 19.9 Å². The molecule has 104 valence electrons. The molecule has 1 unspecified atom stereocenters. The van der Waals surface area contributed by atoms with Gasteiger partial charge in [0.2, 0.25) is 5.91 Å². The van der Waals surface area contributed by atoms with E-state index in [0.29, 0.717) is 11.3 Å². The quantitative estimate of drug-likeness (QED) is 0.841. The van der Waals surface area contributed by atoms with E-state index in [-0.39, 0.29) is 11.8 Å². The molecule has 3 N–H and O–H groups in total. The second-order valence-electron chi connectivity index (χ2n) is 4.91. The monoisotopic (exact) mass is 264 g/mol. The molecule has 0 saturated heterocycles. The third kappa shape index (κ3) is 3.24. The highest BCUT2D eigenvalue weighted by atomic mass is 16.5. The van der Waals surface area contributed by atoms with Crippen LogP contribution >= 0.6 is 0 Å². The van der Waals surface area contributed by atoms with Crippen molar-refractivity contribution < 1.29 is 14.3 Å². The van der Waals surface area contributed by atoms with Crippen LogP contribution in [0.1, 0.15) is 31.1 Å². The first-order chi connectivity index (χ1) is 8.81. The van der Waals surface area contributed by atoms with Gasteiger partial charge in [0.1, 0.15) is 11.3 Å². The molecule has 2 amide bonds. The number of carbonyl (C=O) groups is 2. The Balaban J connectivity index is 2.97. The number of hydrogen-bond donors (Lipinski definition) is 2. The van der Waals surface area contributed by atoms with Gasteiger partial charge in [0.25, 0.3) is 5.91 Å². The van der Waals surface area contributed by atoms with Crippen molar-refractivity contribution in [1.82, 2.24) is 5.32 Å². The van der Waals surface area contributed by atoms with Crippen LogP contribution in [0.25, 0.3) is 0 Å². The lowest BCUT2D eigenvalue weighted by molar-refractivity contribution is -0.125. The number of hydrogen-bond acceptors (Lipinski definition) is 3. The second kappa shape index (κ2) is 5.73. The number of rotatable bonds is 5. The lowest BCUT2D eigenvalue weighted by Crippen LogP contribution is -2.58. The van der Waals surface area contributed by atoms with E-state index in [1.807, 2.05) is 13.8 Å². The van der Waals surface area contributed by atoms with Crippen LogP contribution in [0.4, 0.5) is 0 Å². The Kier molecular flexibility index (Phi) is 4.53. The predicted octanol–water partition coefficient (Wildman–Crippen LogP) is 1.32. The first kappa shape index (κ1) is 15.0. The molecule has 0 aliphatic heterocycles. The summed E-state index contributed by atoms with van der Waals surface area (Å²) in [5.41, 5.74) is 4.72. The van der Waals surface area contributed by atoms with Gasteiger partial charge >= 0.3 is 0 Å². The van der Waals surface area contributed by atoms with Crippen molar-refractivity contribution in [3.63, 3.8) is 0 Å². The highest BCUT2D eigenvalue weighted by molar-refractivity contribution is 5.99. The highest BCUT2D eigenvalue weighted by Gasteiger charge is 2.36. The standard InChI is InChI=1S/C14H20N2O3/c1-9(2)14(3,13(15)18)16-12(17)10-6-5-7-11(8-10)19-4/h5-9H,1-4H3,(H2,15,18)(H,16,17). The fraction of sp³-hybridized carbons (Fsp3) is 0.429. The molecule has 1 aromatic rings. The van der Waals surface area contributed by atoms with Gasteiger partial charge in [-0.15, -0.1) is 0 Å². The third-order valence-electron chi connectivity index (χ3n) is 3.37. The number of amides is 2. The van der Waals surface area contributed by atoms with Gasteiger partial charge in [0.05, 0.1) is 7.11 Å². The maximum absolute atomic E-state index is 12.2. The first-order valence-electron chi connectivity index (χ1n) is 6.07.